The van der Waals surface area contributed by atoms with Crippen LogP contribution in [-0.2, 0) is 19.1 Å². The van der Waals surface area contributed by atoms with Crippen molar-refractivity contribution >= 4 is 11.8 Å². The first-order chi connectivity index (χ1) is 11.9. The van der Waals surface area contributed by atoms with E-state index in [1.807, 2.05) is 0 Å². The molecule has 4 aliphatic carbocycles. The van der Waals surface area contributed by atoms with Crippen LogP contribution in [0.3, 0.4) is 0 Å². The Balaban J connectivity index is 1.63. The fourth-order valence-corrected chi connectivity index (χ4v) is 6.17. The third kappa shape index (κ3) is 2.56. The summed E-state index contributed by atoms with van der Waals surface area (Å²) in [4.78, 5) is 23.9. The molecular formula is C21H28O4. The lowest BCUT2D eigenvalue weighted by Gasteiger charge is -2.51. The maximum absolute atomic E-state index is 12.4. The molecule has 0 radical (unpaired) electrons. The number of hydrogen-bond acceptors (Lipinski definition) is 4. The van der Waals surface area contributed by atoms with Gasteiger partial charge in [0.05, 0.1) is 7.11 Å². The van der Waals surface area contributed by atoms with Crippen LogP contribution in [0.5, 0.6) is 0 Å². The minimum absolute atomic E-state index is 0.0933. The summed E-state index contributed by atoms with van der Waals surface area (Å²) in [6.07, 6.45) is 9.97. The summed E-state index contributed by atoms with van der Waals surface area (Å²) < 4.78 is 11.0. The van der Waals surface area contributed by atoms with Crippen LogP contribution in [-0.4, -0.2) is 25.0 Å². The van der Waals surface area contributed by atoms with Gasteiger partial charge in [0.15, 0.2) is 6.10 Å². The maximum Gasteiger partial charge on any atom is 0.303 e. The summed E-state index contributed by atoms with van der Waals surface area (Å²) in [6.45, 7) is 3.66. The first-order valence-corrected chi connectivity index (χ1v) is 9.60. The Labute approximate surface area is 149 Å². The second kappa shape index (κ2) is 6.00. The van der Waals surface area contributed by atoms with Gasteiger partial charge in [0.25, 0.3) is 0 Å². The third-order valence-electron chi connectivity index (χ3n) is 7.41. The molecule has 0 heterocycles. The first-order valence-electron chi connectivity index (χ1n) is 9.60. The average Bonchev–Trinajstić information content (AvgIpc) is 2.89. The Morgan fingerprint density at radius 3 is 2.80 bits per heavy atom. The van der Waals surface area contributed by atoms with Gasteiger partial charge < -0.3 is 9.47 Å². The predicted molar refractivity (Wildman–Crippen MR) is 93.5 cm³/mol. The Bertz CT molecular complexity index is 661. The molecule has 0 aromatic heterocycles. The number of carbonyl (C=O) groups excluding carboxylic acids is 2. The van der Waals surface area contributed by atoms with Gasteiger partial charge in [-0.1, -0.05) is 13.0 Å². The number of rotatable bonds is 2. The van der Waals surface area contributed by atoms with Crippen LogP contribution < -0.4 is 0 Å². The number of methoxy groups -OCH3 is 1. The van der Waals surface area contributed by atoms with Crippen LogP contribution >= 0.6 is 0 Å². The van der Waals surface area contributed by atoms with Crippen molar-refractivity contribution in [3.8, 4) is 0 Å². The van der Waals surface area contributed by atoms with Crippen molar-refractivity contribution in [3.05, 3.63) is 23.5 Å². The lowest BCUT2D eigenvalue weighted by Crippen LogP contribution is -2.46. The normalized spacial score (nSPS) is 42.5. The molecule has 0 aromatic carbocycles. The molecule has 0 bridgehead atoms. The van der Waals surface area contributed by atoms with E-state index in [1.165, 1.54) is 12.5 Å². The summed E-state index contributed by atoms with van der Waals surface area (Å²) in [5.74, 6) is 3.11. The zero-order valence-electron chi connectivity index (χ0n) is 15.4. The van der Waals surface area contributed by atoms with Gasteiger partial charge in [0.2, 0.25) is 0 Å². The van der Waals surface area contributed by atoms with E-state index in [4.69, 9.17) is 9.47 Å². The van der Waals surface area contributed by atoms with E-state index in [-0.39, 0.29) is 17.5 Å². The minimum atomic E-state index is -0.276. The van der Waals surface area contributed by atoms with Crippen molar-refractivity contribution in [3.63, 3.8) is 0 Å². The molecule has 4 heteroatoms. The maximum atomic E-state index is 12.4. The van der Waals surface area contributed by atoms with Crippen LogP contribution in [0, 0.1) is 29.1 Å². The van der Waals surface area contributed by atoms with Crippen molar-refractivity contribution in [1.82, 2.24) is 0 Å². The standard InChI is InChI=1S/C21H28O4/c1-12(22)25-19-11-16-13(10-18(19)24-3)4-5-15-14(16)8-9-21(2)17(15)6-7-20(21)23/h4,10,14-17,19H,5-9,11H2,1-3H3/t14-,15+,16-,17-,19?,21-/m0/s1. The summed E-state index contributed by atoms with van der Waals surface area (Å²) in [6, 6.07) is 0. The van der Waals surface area contributed by atoms with Gasteiger partial charge in [0.1, 0.15) is 11.5 Å². The Morgan fingerprint density at radius 1 is 1.28 bits per heavy atom. The van der Waals surface area contributed by atoms with Crippen LogP contribution in [0.1, 0.15) is 52.4 Å². The van der Waals surface area contributed by atoms with Crippen molar-refractivity contribution in [1.29, 1.82) is 0 Å². The molecule has 0 saturated heterocycles. The van der Waals surface area contributed by atoms with Crippen molar-refractivity contribution in [2.75, 3.05) is 7.11 Å². The van der Waals surface area contributed by atoms with Gasteiger partial charge in [0, 0.05) is 18.8 Å². The van der Waals surface area contributed by atoms with E-state index in [0.29, 0.717) is 29.5 Å². The number of ether oxygens (including phenoxy) is 2. The molecular weight excluding hydrogens is 316 g/mol. The monoisotopic (exact) mass is 344 g/mol. The fraction of sp³-hybridized carbons (Fsp3) is 0.714. The zero-order valence-corrected chi connectivity index (χ0v) is 15.4. The summed E-state index contributed by atoms with van der Waals surface area (Å²) in [7, 11) is 1.64. The first kappa shape index (κ1) is 16.9. The molecule has 6 atom stereocenters. The fourth-order valence-electron chi connectivity index (χ4n) is 6.17. The highest BCUT2D eigenvalue weighted by Gasteiger charge is 2.56. The topological polar surface area (TPSA) is 52.6 Å². The quantitative estimate of drug-likeness (QED) is 0.715. The molecule has 0 spiro atoms. The van der Waals surface area contributed by atoms with E-state index in [1.54, 1.807) is 7.11 Å². The summed E-state index contributed by atoms with van der Waals surface area (Å²) in [5, 5.41) is 0. The van der Waals surface area contributed by atoms with E-state index >= 15 is 0 Å². The highest BCUT2D eigenvalue weighted by molar-refractivity contribution is 5.87. The number of hydrogen-bond donors (Lipinski definition) is 0. The van der Waals surface area contributed by atoms with Crippen molar-refractivity contribution in [2.24, 2.45) is 29.1 Å². The second-order valence-corrected chi connectivity index (χ2v) is 8.48. The molecule has 0 aromatic rings. The van der Waals surface area contributed by atoms with E-state index < -0.39 is 0 Å². The Kier molecular flexibility index (Phi) is 4.04. The van der Waals surface area contributed by atoms with Crippen molar-refractivity contribution < 1.29 is 19.1 Å². The van der Waals surface area contributed by atoms with Crippen molar-refractivity contribution in [2.45, 2.75) is 58.5 Å². The average molecular weight is 344 g/mol. The summed E-state index contributed by atoms with van der Waals surface area (Å²) >= 11 is 0. The molecule has 4 rings (SSSR count). The van der Waals surface area contributed by atoms with Gasteiger partial charge >= 0.3 is 5.97 Å². The molecule has 0 aliphatic heterocycles. The number of esters is 1. The molecule has 136 valence electrons. The Morgan fingerprint density at radius 2 is 2.08 bits per heavy atom. The van der Waals surface area contributed by atoms with Gasteiger partial charge in [-0.3, -0.25) is 9.59 Å². The van der Waals surface area contributed by atoms with Crippen LogP contribution in [0.25, 0.3) is 0 Å². The van der Waals surface area contributed by atoms with Gasteiger partial charge in [-0.25, -0.2) is 0 Å². The van der Waals surface area contributed by atoms with E-state index in [2.05, 4.69) is 19.1 Å². The van der Waals surface area contributed by atoms with Gasteiger partial charge in [-0.15, -0.1) is 0 Å². The highest BCUT2D eigenvalue weighted by Crippen LogP contribution is 2.59. The predicted octanol–water partition coefficient (Wildman–Crippen LogP) is 3.81. The number of ketones is 1. The van der Waals surface area contributed by atoms with Crippen LogP contribution in [0.4, 0.5) is 0 Å². The number of carbonyl (C=O) groups is 2. The van der Waals surface area contributed by atoms with Crippen LogP contribution in [0.2, 0.25) is 0 Å². The van der Waals surface area contributed by atoms with Gasteiger partial charge in [-0.05, 0) is 67.4 Å². The molecule has 1 unspecified atom stereocenters. The third-order valence-corrected chi connectivity index (χ3v) is 7.41. The molecule has 0 N–H and O–H groups in total. The number of allylic oxidation sites excluding steroid dienone is 3. The largest absolute Gasteiger partial charge is 0.497 e. The molecule has 4 nitrogen and oxygen atoms in total. The zero-order chi connectivity index (χ0) is 17.8. The lowest BCUT2D eigenvalue weighted by atomic mass is 9.53. The molecule has 2 saturated carbocycles. The van der Waals surface area contributed by atoms with Gasteiger partial charge in [-0.2, -0.15) is 0 Å². The smallest absolute Gasteiger partial charge is 0.303 e. The van der Waals surface area contributed by atoms with Crippen LogP contribution in [0.15, 0.2) is 23.5 Å². The number of Topliss-reactive ketones (excluding diaryl/α,β-unsaturated/α-hetero) is 1. The SMILES string of the molecule is COC1=CC2=CC[C@@H]3[C@H](CC[C@]4(C)C(=O)CC[C@@H]34)[C@H]2CC1OC(C)=O. The second-order valence-electron chi connectivity index (χ2n) is 8.48. The summed E-state index contributed by atoms with van der Waals surface area (Å²) in [5.41, 5.74) is 1.25. The minimum Gasteiger partial charge on any atom is -0.497 e. The number of fused-ring (bicyclic) bond motifs is 5. The molecule has 2 fully saturated rings. The highest BCUT2D eigenvalue weighted by atomic mass is 16.6. The van der Waals surface area contributed by atoms with E-state index in [9.17, 15) is 9.59 Å². The van der Waals surface area contributed by atoms with E-state index in [0.717, 1.165) is 44.3 Å². The lowest BCUT2D eigenvalue weighted by molar-refractivity contribution is -0.148. The molecule has 4 aliphatic rings. The molecule has 25 heavy (non-hydrogen) atoms. The molecule has 0 amide bonds. The Hall–Kier alpha value is -1.58.